The molecule has 2 atom stereocenters. The molecular formula is C30H26IrN2O2+3. The Bertz CT molecular complexity index is 1320. The molecule has 2 aliphatic heterocycles. The number of rotatable bonds is 4. The second kappa shape index (κ2) is 12.1. The first-order valence-electron chi connectivity index (χ1n) is 12.9. The van der Waals surface area contributed by atoms with Crippen molar-refractivity contribution in [3.05, 3.63) is 156 Å². The van der Waals surface area contributed by atoms with Gasteiger partial charge in [-0.25, -0.2) is 0 Å². The smallest absolute Gasteiger partial charge is 0.472 e. The van der Waals surface area contributed by atoms with E-state index in [1.165, 1.54) is 12.5 Å². The molecule has 0 saturated carbocycles. The number of nitrogens with one attached hydrogen (secondary N) is 2. The Hall–Kier alpha value is -3.79. The summed E-state index contributed by atoms with van der Waals surface area (Å²) in [6.07, 6.45) is -0.0937. The summed E-state index contributed by atoms with van der Waals surface area (Å²) in [5.74, 6) is 0. The van der Waals surface area contributed by atoms with Gasteiger partial charge in [0.2, 0.25) is 0 Å². The van der Waals surface area contributed by atoms with Crippen molar-refractivity contribution in [1.29, 1.82) is 0 Å². The zero-order valence-electron chi connectivity index (χ0n) is 22.7. The van der Waals surface area contributed by atoms with Crippen LogP contribution in [0.2, 0.25) is 2.82 Å². The number of benzene rings is 4. The van der Waals surface area contributed by atoms with Crippen LogP contribution in [0.4, 0.5) is 0 Å². The molecule has 0 spiro atoms. The van der Waals surface area contributed by atoms with Crippen molar-refractivity contribution in [3.8, 4) is 0 Å². The molecule has 5 heteroatoms. The van der Waals surface area contributed by atoms with Gasteiger partial charge in [-0.1, -0.05) is 121 Å². The van der Waals surface area contributed by atoms with E-state index in [0.29, 0.717) is 22.5 Å². The molecule has 4 aromatic rings. The van der Waals surface area contributed by atoms with E-state index in [-0.39, 0.29) is 20.1 Å². The summed E-state index contributed by atoms with van der Waals surface area (Å²) in [7, 11) is 0. The third kappa shape index (κ3) is 6.21. The van der Waals surface area contributed by atoms with E-state index in [0.717, 1.165) is 21.7 Å². The van der Waals surface area contributed by atoms with Gasteiger partial charge in [-0.3, -0.25) is 0 Å². The van der Waals surface area contributed by atoms with Crippen molar-refractivity contribution in [1.82, 2.24) is 10.6 Å². The minimum Gasteiger partial charge on any atom is -0.472 e. The van der Waals surface area contributed by atoms with Gasteiger partial charge in [0.15, 0.2) is 15.2 Å². The first kappa shape index (κ1) is 19.5. The molecule has 2 unspecified atom stereocenters. The van der Waals surface area contributed by atoms with Gasteiger partial charge in [0.05, 0.1) is 11.4 Å². The van der Waals surface area contributed by atoms with Crippen LogP contribution in [-0.2, 0) is 29.6 Å². The summed E-state index contributed by atoms with van der Waals surface area (Å²) in [6, 6.07) is 37.3. The Morgan fingerprint density at radius 1 is 0.514 bits per heavy atom. The Morgan fingerprint density at radius 3 is 1.17 bits per heavy atom. The number of hydrogen-bond acceptors (Lipinski definition) is 4. The second-order valence-electron chi connectivity index (χ2n) is 7.54. The van der Waals surface area contributed by atoms with E-state index in [1.54, 1.807) is 24.3 Å². The normalized spacial score (nSPS) is 24.0. The van der Waals surface area contributed by atoms with E-state index in [4.69, 9.17) is 15.0 Å². The molecule has 0 aromatic heterocycles. The van der Waals surface area contributed by atoms with E-state index in [9.17, 15) is 0 Å². The SMILES string of the molecule is [2H]N1C(c2ccccc2)=COC1([2H])c1ccccc1.[2H]N1C(c2ccccc2)=COC1([2H])c1ccccc1.[Ir+3]. The second-order valence-corrected chi connectivity index (χ2v) is 7.54. The van der Waals surface area contributed by atoms with E-state index in [1.807, 2.05) is 97.1 Å². The molecular weight excluding hydrogens is 613 g/mol. The molecule has 0 radical (unpaired) electrons. The fraction of sp³-hybridized carbons (Fsp3) is 0.0667. The molecule has 0 saturated heterocycles. The summed E-state index contributed by atoms with van der Waals surface area (Å²) >= 11 is 0. The molecule has 0 bridgehead atoms. The molecule has 174 valence electrons. The van der Waals surface area contributed by atoms with Gasteiger partial charge in [-0.05, 0) is 0 Å². The van der Waals surface area contributed by atoms with Crippen LogP contribution in [0.1, 0.15) is 37.4 Å². The maximum absolute atomic E-state index is 8.37. The van der Waals surface area contributed by atoms with Crippen molar-refractivity contribution in [2.75, 3.05) is 0 Å². The zero-order chi connectivity index (χ0) is 26.6. The number of ether oxygens (including phenoxy) is 2. The maximum Gasteiger partial charge on any atom is 3.00 e. The van der Waals surface area contributed by atoms with Crippen LogP contribution in [0.25, 0.3) is 11.4 Å². The average Bonchev–Trinajstić information content (AvgIpc) is 3.47. The van der Waals surface area contributed by atoms with E-state index < -0.39 is 12.4 Å². The van der Waals surface area contributed by atoms with Gasteiger partial charge < -0.3 is 20.1 Å². The van der Waals surface area contributed by atoms with E-state index in [2.05, 4.69) is 0 Å². The van der Waals surface area contributed by atoms with Gasteiger partial charge >= 0.3 is 20.1 Å². The Kier molecular flexibility index (Phi) is 6.73. The van der Waals surface area contributed by atoms with Crippen molar-refractivity contribution in [3.63, 3.8) is 0 Å². The van der Waals surface area contributed by atoms with E-state index >= 15 is 0 Å². The van der Waals surface area contributed by atoms with Gasteiger partial charge in [0.25, 0.3) is 0 Å². The molecule has 35 heavy (non-hydrogen) atoms. The van der Waals surface area contributed by atoms with Crippen LogP contribution in [0.5, 0.6) is 0 Å². The predicted octanol–water partition coefficient (Wildman–Crippen LogP) is 6.60. The van der Waals surface area contributed by atoms with Gasteiger partial charge in [0, 0.05) is 22.3 Å². The first-order chi connectivity index (χ1) is 18.4. The van der Waals surface area contributed by atoms with Crippen molar-refractivity contribution >= 4 is 11.4 Å². The van der Waals surface area contributed by atoms with Gasteiger partial charge in [-0.15, -0.1) is 0 Å². The van der Waals surface area contributed by atoms with Crippen LogP contribution >= 0.6 is 0 Å². The molecule has 4 nitrogen and oxygen atoms in total. The standard InChI is InChI=1S/2C15H13NO.Ir/c2*1-3-7-12(8-4-1)14-11-17-15(16-14)13-9-5-2-6-10-13;/h2*1-11,15-16H;/q;;+3/i2*15D;/hD2. The summed E-state index contributed by atoms with van der Waals surface area (Å²) in [4.78, 5) is 0. The predicted molar refractivity (Wildman–Crippen MR) is 136 cm³/mol. The third-order valence-electron chi connectivity index (χ3n) is 5.19. The van der Waals surface area contributed by atoms with Crippen LogP contribution in [0.3, 0.4) is 0 Å². The van der Waals surface area contributed by atoms with Crippen molar-refractivity contribution in [2.45, 2.75) is 12.4 Å². The Morgan fingerprint density at radius 2 is 0.829 bits per heavy atom. The number of hydrogen-bond donors (Lipinski definition) is 2. The topological polar surface area (TPSA) is 42.5 Å². The molecule has 0 amide bonds. The first-order valence-corrected chi connectivity index (χ1v) is 11.0. The quantitative estimate of drug-likeness (QED) is 0.263. The molecule has 2 aliphatic rings. The summed E-state index contributed by atoms with van der Waals surface area (Å²) < 4.78 is 44.0. The molecule has 2 N–H and O–H groups in total. The molecule has 0 fully saturated rings. The maximum atomic E-state index is 8.37. The van der Waals surface area contributed by atoms with Gasteiger partial charge in [-0.2, -0.15) is 0 Å². The summed E-state index contributed by atoms with van der Waals surface area (Å²) in [5.41, 5.74) is 4.16. The fourth-order valence-corrected chi connectivity index (χ4v) is 3.46. The monoisotopic (exact) mass is 643 g/mol. The van der Waals surface area contributed by atoms with Crippen LogP contribution in [0, 0.1) is 0 Å². The molecule has 2 heterocycles. The van der Waals surface area contributed by atoms with Crippen LogP contribution in [0.15, 0.2) is 134 Å². The Balaban J connectivity index is 0.000000176. The molecule has 6 rings (SSSR count). The zero-order valence-corrected chi connectivity index (χ0v) is 21.1. The third-order valence-corrected chi connectivity index (χ3v) is 5.19. The Labute approximate surface area is 225 Å². The van der Waals surface area contributed by atoms with Crippen LogP contribution < -0.4 is 10.6 Å². The molecule has 0 aliphatic carbocycles. The average molecular weight is 643 g/mol. The summed E-state index contributed by atoms with van der Waals surface area (Å²) in [5, 5.41) is 2.19. The minimum atomic E-state index is -1.52. The fourth-order valence-electron chi connectivity index (χ4n) is 3.46. The largest absolute Gasteiger partial charge is 3.00 e. The van der Waals surface area contributed by atoms with Gasteiger partial charge in [0.1, 0.15) is 15.3 Å². The molecule has 4 aromatic carbocycles. The van der Waals surface area contributed by atoms with Crippen LogP contribution in [-0.4, -0.2) is 0 Å². The van der Waals surface area contributed by atoms with Crippen molar-refractivity contribution in [2.24, 2.45) is 0 Å². The van der Waals surface area contributed by atoms with Crippen molar-refractivity contribution < 1.29 is 35.1 Å². The minimum absolute atomic E-state index is 0. The summed E-state index contributed by atoms with van der Waals surface area (Å²) in [6.45, 7) is 0.